The van der Waals surface area contributed by atoms with Gasteiger partial charge in [0.25, 0.3) is 0 Å². The van der Waals surface area contributed by atoms with Crippen molar-refractivity contribution in [2.75, 3.05) is 27.4 Å². The molecule has 0 bridgehead atoms. The molecule has 1 amide bonds. The lowest BCUT2D eigenvalue weighted by molar-refractivity contribution is -0.132. The van der Waals surface area contributed by atoms with Crippen molar-refractivity contribution in [1.82, 2.24) is 4.90 Å². The molecule has 1 aromatic heterocycles. The number of fused-ring (bicyclic) bond motifs is 2. The monoisotopic (exact) mass is 585 g/mol. The van der Waals surface area contributed by atoms with Gasteiger partial charge >= 0.3 is 0 Å². The molecule has 0 saturated carbocycles. The lowest BCUT2D eigenvalue weighted by atomic mass is 9.90. The maximum Gasteiger partial charge on any atom is 0.223 e. The summed E-state index contributed by atoms with van der Waals surface area (Å²) in [7, 11) is 3.06. The molecule has 7 nitrogen and oxygen atoms in total. The zero-order chi connectivity index (χ0) is 29.7. The Bertz CT molecular complexity index is 1410. The third-order valence-corrected chi connectivity index (χ3v) is 8.22. The topological polar surface area (TPSA) is 74.3 Å². The molecule has 0 fully saturated rings. The number of methoxy groups -OCH3 is 2. The van der Waals surface area contributed by atoms with Crippen molar-refractivity contribution in [3.63, 3.8) is 0 Å². The number of carbonyl (C=O) groups is 2. The Morgan fingerprint density at radius 2 is 1.59 bits per heavy atom. The van der Waals surface area contributed by atoms with Gasteiger partial charge in [0.15, 0.2) is 34.6 Å². The van der Waals surface area contributed by atoms with Gasteiger partial charge in [0.1, 0.15) is 0 Å². The summed E-state index contributed by atoms with van der Waals surface area (Å²) < 4.78 is 38.8. The number of rotatable bonds is 13. The summed E-state index contributed by atoms with van der Waals surface area (Å²) in [6.45, 7) is 10.0. The van der Waals surface area contributed by atoms with Gasteiger partial charge in [0, 0.05) is 48.5 Å². The minimum atomic E-state index is -0.533. The molecule has 0 N–H and O–H groups in total. The van der Waals surface area contributed by atoms with Gasteiger partial charge in [0.2, 0.25) is 5.91 Å². The van der Waals surface area contributed by atoms with E-state index < -0.39 is 5.82 Å². The zero-order valence-electron chi connectivity index (χ0n) is 24.9. The lowest BCUT2D eigenvalue weighted by Crippen LogP contribution is -2.26. The van der Waals surface area contributed by atoms with Crippen molar-refractivity contribution in [2.24, 2.45) is 5.41 Å². The molecule has 0 radical (unpaired) electrons. The third kappa shape index (κ3) is 7.31. The van der Waals surface area contributed by atoms with Gasteiger partial charge in [0.05, 0.1) is 32.3 Å². The fourth-order valence-corrected chi connectivity index (χ4v) is 5.84. The number of nitrogens with zero attached hydrogens (tertiary/aromatic N) is 1. The van der Waals surface area contributed by atoms with Crippen LogP contribution < -0.4 is 18.9 Å². The molecule has 4 rings (SSSR count). The molecule has 0 spiro atoms. The van der Waals surface area contributed by atoms with Crippen molar-refractivity contribution < 1.29 is 32.9 Å². The van der Waals surface area contributed by atoms with Crippen LogP contribution in [0.15, 0.2) is 24.3 Å². The van der Waals surface area contributed by atoms with Gasteiger partial charge in [-0.15, -0.1) is 11.3 Å². The van der Waals surface area contributed by atoms with Crippen LogP contribution in [0.4, 0.5) is 4.39 Å². The van der Waals surface area contributed by atoms with Crippen LogP contribution in [0.1, 0.15) is 80.6 Å². The molecule has 2 heterocycles. The summed E-state index contributed by atoms with van der Waals surface area (Å²) in [5.41, 5.74) is 2.23. The van der Waals surface area contributed by atoms with Crippen LogP contribution in [0.25, 0.3) is 10.1 Å². The number of halogens is 1. The quantitative estimate of drug-likeness (QED) is 0.152. The van der Waals surface area contributed by atoms with E-state index in [4.69, 9.17) is 18.9 Å². The number of thiophene rings is 1. The summed E-state index contributed by atoms with van der Waals surface area (Å²) in [4.78, 5) is 27.5. The second-order valence-electron chi connectivity index (χ2n) is 11.6. The van der Waals surface area contributed by atoms with E-state index in [0.717, 1.165) is 24.0 Å². The van der Waals surface area contributed by atoms with E-state index in [2.05, 4.69) is 20.8 Å². The van der Waals surface area contributed by atoms with Gasteiger partial charge in [-0.1, -0.05) is 27.7 Å². The minimum absolute atomic E-state index is 0.00788. The first kappa shape index (κ1) is 30.6. The largest absolute Gasteiger partial charge is 0.493 e. The van der Waals surface area contributed by atoms with E-state index in [0.29, 0.717) is 65.4 Å². The van der Waals surface area contributed by atoms with E-state index in [9.17, 15) is 9.59 Å². The molecule has 222 valence electrons. The lowest BCUT2D eigenvalue weighted by Gasteiger charge is -2.20. The van der Waals surface area contributed by atoms with E-state index in [1.165, 1.54) is 18.4 Å². The fraction of sp³-hybridized carbons (Fsp3) is 0.500. The van der Waals surface area contributed by atoms with E-state index >= 15 is 4.39 Å². The Kier molecular flexibility index (Phi) is 9.79. The van der Waals surface area contributed by atoms with Gasteiger partial charge in [-0.3, -0.25) is 9.59 Å². The summed E-state index contributed by atoms with van der Waals surface area (Å²) in [5.74, 6) is 1.15. The van der Waals surface area contributed by atoms with E-state index in [1.54, 1.807) is 19.2 Å². The first-order chi connectivity index (χ1) is 19.5. The number of Topliss-reactive ketones (excluding diaryl/α,β-unsaturated/α-hetero) is 1. The van der Waals surface area contributed by atoms with Crippen molar-refractivity contribution in [1.29, 1.82) is 0 Å². The molecule has 1 aliphatic heterocycles. The van der Waals surface area contributed by atoms with Crippen LogP contribution in [0, 0.1) is 11.2 Å². The first-order valence-corrected chi connectivity index (χ1v) is 14.9. The Balaban J connectivity index is 1.36. The molecule has 0 saturated heterocycles. The number of hydrogen-bond donors (Lipinski definition) is 0. The first-order valence-electron chi connectivity index (χ1n) is 14.1. The van der Waals surface area contributed by atoms with E-state index in [1.807, 2.05) is 24.0 Å². The number of carbonyl (C=O) groups excluding carboxylic acids is 2. The molecular weight excluding hydrogens is 545 g/mol. The van der Waals surface area contributed by atoms with Crippen LogP contribution in [0.5, 0.6) is 23.0 Å². The second kappa shape index (κ2) is 13.1. The standard InChI is InChI=1S/C32H40FNO6S/c1-7-9-23(35)28-16-22-27(41-28)17-26(38-6)31(30(22)33)40-13-8-12-39-25-15-21-19-34(18-20(21)14-24(25)37-5)29(36)10-11-32(2,3)4/h14-17H,7-13,18-19H2,1-6H3. The Morgan fingerprint density at radius 3 is 2.22 bits per heavy atom. The van der Waals surface area contributed by atoms with Crippen molar-refractivity contribution >= 4 is 33.1 Å². The number of hydrogen-bond acceptors (Lipinski definition) is 7. The number of amides is 1. The van der Waals surface area contributed by atoms with Gasteiger partial charge in [-0.25, -0.2) is 4.39 Å². The highest BCUT2D eigenvalue weighted by molar-refractivity contribution is 7.20. The number of ether oxygens (including phenoxy) is 4. The van der Waals surface area contributed by atoms with Crippen molar-refractivity contribution in [3.05, 3.63) is 46.1 Å². The van der Waals surface area contributed by atoms with Gasteiger partial charge in [-0.05, 0) is 47.6 Å². The third-order valence-electron chi connectivity index (χ3n) is 7.10. The molecule has 1 aliphatic rings. The molecule has 2 aromatic carbocycles. The average Bonchev–Trinajstić information content (AvgIpc) is 3.56. The van der Waals surface area contributed by atoms with Gasteiger partial charge in [-0.2, -0.15) is 0 Å². The molecule has 9 heteroatoms. The normalized spacial score (nSPS) is 12.9. The smallest absolute Gasteiger partial charge is 0.223 e. The van der Waals surface area contributed by atoms with Crippen molar-refractivity contribution in [3.8, 4) is 23.0 Å². The highest BCUT2D eigenvalue weighted by Crippen LogP contribution is 2.40. The number of benzene rings is 2. The predicted octanol–water partition coefficient (Wildman–Crippen LogP) is 7.56. The molecule has 3 aromatic rings. The molecule has 0 unspecified atom stereocenters. The maximum absolute atomic E-state index is 15.4. The average molecular weight is 586 g/mol. The SMILES string of the molecule is CCCC(=O)c1cc2c(F)c(OCCCOc3cc4c(cc3OC)CN(C(=O)CCC(C)(C)C)C4)c(OC)cc2s1. The van der Waals surface area contributed by atoms with Crippen LogP contribution >= 0.6 is 11.3 Å². The summed E-state index contributed by atoms with van der Waals surface area (Å²) in [5, 5.41) is 0.357. The van der Waals surface area contributed by atoms with E-state index in [-0.39, 0.29) is 35.2 Å². The maximum atomic E-state index is 15.4. The minimum Gasteiger partial charge on any atom is -0.493 e. The summed E-state index contributed by atoms with van der Waals surface area (Å²) >= 11 is 1.27. The van der Waals surface area contributed by atoms with Crippen LogP contribution in [-0.4, -0.2) is 44.0 Å². The Morgan fingerprint density at radius 1 is 0.927 bits per heavy atom. The highest BCUT2D eigenvalue weighted by atomic mass is 32.1. The molecular formula is C32H40FNO6S. The highest BCUT2D eigenvalue weighted by Gasteiger charge is 2.26. The zero-order valence-corrected chi connectivity index (χ0v) is 25.7. The van der Waals surface area contributed by atoms with Crippen LogP contribution in [0.3, 0.4) is 0 Å². The Hall–Kier alpha value is -3.33. The van der Waals surface area contributed by atoms with Crippen molar-refractivity contribution in [2.45, 2.75) is 72.9 Å². The molecule has 0 aliphatic carbocycles. The Labute approximate surface area is 245 Å². The second-order valence-corrected chi connectivity index (χ2v) is 12.6. The molecule has 0 atom stereocenters. The van der Waals surface area contributed by atoms with Crippen LogP contribution in [-0.2, 0) is 17.9 Å². The molecule has 41 heavy (non-hydrogen) atoms. The number of ketones is 1. The van der Waals surface area contributed by atoms with Gasteiger partial charge < -0.3 is 23.8 Å². The summed E-state index contributed by atoms with van der Waals surface area (Å²) in [6, 6.07) is 7.19. The van der Waals surface area contributed by atoms with Crippen LogP contribution in [0.2, 0.25) is 0 Å². The fourth-order valence-electron chi connectivity index (χ4n) is 4.78. The predicted molar refractivity (Wildman–Crippen MR) is 159 cm³/mol. The summed E-state index contributed by atoms with van der Waals surface area (Å²) in [6.07, 6.45) is 3.03.